The predicted molar refractivity (Wildman–Crippen MR) is 53.4 cm³/mol. The van der Waals surface area contributed by atoms with Crippen LogP contribution < -0.4 is 5.32 Å². The number of methoxy groups -OCH3 is 1. The van der Waals surface area contributed by atoms with E-state index in [0.717, 1.165) is 18.4 Å². The Hall–Kier alpha value is -0.340. The summed E-state index contributed by atoms with van der Waals surface area (Å²) in [5.41, 5.74) is 1.14. The highest BCUT2D eigenvalue weighted by Crippen LogP contribution is 2.11. The molecule has 0 radical (unpaired) electrons. The molecule has 2 unspecified atom stereocenters. The van der Waals surface area contributed by atoms with Crippen LogP contribution in [0.5, 0.6) is 0 Å². The zero-order chi connectivity index (χ0) is 9.56. The van der Waals surface area contributed by atoms with E-state index in [4.69, 9.17) is 4.74 Å². The quantitative estimate of drug-likeness (QED) is 0.617. The Kier molecular flexibility index (Phi) is 6.03. The van der Waals surface area contributed by atoms with Crippen LogP contribution in [-0.2, 0) is 4.74 Å². The summed E-state index contributed by atoms with van der Waals surface area (Å²) < 4.78 is 5.38. The molecule has 12 heavy (non-hydrogen) atoms. The molecule has 2 atom stereocenters. The lowest BCUT2D eigenvalue weighted by molar-refractivity contribution is 0.0735. The first-order chi connectivity index (χ1) is 5.67. The van der Waals surface area contributed by atoms with Gasteiger partial charge in [0.25, 0.3) is 0 Å². The minimum atomic E-state index is 0.262. The molecule has 2 heteroatoms. The number of rotatable bonds is 6. The van der Waals surface area contributed by atoms with E-state index in [0.29, 0.717) is 0 Å². The van der Waals surface area contributed by atoms with Crippen LogP contribution in [0.2, 0.25) is 0 Å². The molecule has 0 aromatic carbocycles. The van der Waals surface area contributed by atoms with E-state index < -0.39 is 0 Å². The first-order valence-corrected chi connectivity index (χ1v) is 4.52. The summed E-state index contributed by atoms with van der Waals surface area (Å²) in [6.45, 7) is 8.13. The smallest absolute Gasteiger partial charge is 0.0762 e. The summed E-state index contributed by atoms with van der Waals surface area (Å²) in [5.74, 6) is 0. The molecule has 0 saturated carbocycles. The second-order valence-corrected chi connectivity index (χ2v) is 3.18. The summed E-state index contributed by atoms with van der Waals surface area (Å²) in [6, 6.07) is 0.287. The zero-order valence-electron chi connectivity index (χ0n) is 8.68. The third kappa shape index (κ3) is 3.37. The Morgan fingerprint density at radius 1 is 1.58 bits per heavy atom. The van der Waals surface area contributed by atoms with Crippen molar-refractivity contribution < 1.29 is 4.74 Å². The molecule has 0 fully saturated rings. The van der Waals surface area contributed by atoms with Crippen LogP contribution in [0.15, 0.2) is 12.2 Å². The van der Waals surface area contributed by atoms with Gasteiger partial charge in [0.1, 0.15) is 0 Å². The Balaban J connectivity index is 4.12. The van der Waals surface area contributed by atoms with Crippen LogP contribution >= 0.6 is 0 Å². The molecule has 0 aliphatic heterocycles. The highest BCUT2D eigenvalue weighted by Gasteiger charge is 2.18. The van der Waals surface area contributed by atoms with Crippen molar-refractivity contribution in [2.45, 2.75) is 38.8 Å². The molecule has 0 saturated heterocycles. The zero-order valence-corrected chi connectivity index (χ0v) is 8.68. The van der Waals surface area contributed by atoms with E-state index in [1.54, 1.807) is 7.11 Å². The molecule has 0 aliphatic rings. The SMILES string of the molecule is C=C(C)C(NC)C(CCC)OC. The topological polar surface area (TPSA) is 21.3 Å². The molecule has 0 aliphatic carbocycles. The van der Waals surface area contributed by atoms with Crippen LogP contribution in [0.4, 0.5) is 0 Å². The van der Waals surface area contributed by atoms with Crippen LogP contribution in [0, 0.1) is 0 Å². The van der Waals surface area contributed by atoms with Gasteiger partial charge in [0, 0.05) is 7.11 Å². The van der Waals surface area contributed by atoms with Gasteiger partial charge in [0.15, 0.2) is 0 Å². The third-order valence-corrected chi connectivity index (χ3v) is 2.09. The van der Waals surface area contributed by atoms with E-state index in [2.05, 4.69) is 18.8 Å². The van der Waals surface area contributed by atoms with Crippen LogP contribution in [0.3, 0.4) is 0 Å². The predicted octanol–water partition coefficient (Wildman–Crippen LogP) is 1.97. The van der Waals surface area contributed by atoms with Gasteiger partial charge in [0.05, 0.1) is 12.1 Å². The van der Waals surface area contributed by atoms with Crippen molar-refractivity contribution >= 4 is 0 Å². The Labute approximate surface area is 76.0 Å². The molecule has 0 amide bonds. The van der Waals surface area contributed by atoms with Crippen LogP contribution in [0.1, 0.15) is 26.7 Å². The summed E-state index contributed by atoms with van der Waals surface area (Å²) in [4.78, 5) is 0. The van der Waals surface area contributed by atoms with Crippen molar-refractivity contribution in [3.05, 3.63) is 12.2 Å². The van der Waals surface area contributed by atoms with Gasteiger partial charge >= 0.3 is 0 Å². The normalized spacial score (nSPS) is 15.7. The standard InChI is InChI=1S/C10H21NO/c1-6-7-9(12-5)10(11-4)8(2)3/h9-11H,2,6-7H2,1,3-5H3. The second-order valence-electron chi connectivity index (χ2n) is 3.18. The number of hydrogen-bond donors (Lipinski definition) is 1. The van der Waals surface area contributed by atoms with Gasteiger partial charge < -0.3 is 10.1 Å². The van der Waals surface area contributed by atoms with Crippen molar-refractivity contribution in [3.63, 3.8) is 0 Å². The van der Waals surface area contributed by atoms with E-state index >= 15 is 0 Å². The maximum absolute atomic E-state index is 5.38. The van der Waals surface area contributed by atoms with E-state index in [1.165, 1.54) is 0 Å². The fourth-order valence-corrected chi connectivity index (χ4v) is 1.45. The average molecular weight is 171 g/mol. The highest BCUT2D eigenvalue weighted by molar-refractivity contribution is 5.04. The number of likely N-dealkylation sites (N-methyl/N-ethyl adjacent to an activating group) is 1. The molecule has 0 heterocycles. The Morgan fingerprint density at radius 3 is 2.42 bits per heavy atom. The molecule has 0 aromatic rings. The summed E-state index contributed by atoms with van der Waals surface area (Å²) in [6.07, 6.45) is 2.48. The molecule has 1 N–H and O–H groups in total. The van der Waals surface area contributed by atoms with Crippen molar-refractivity contribution in [2.75, 3.05) is 14.2 Å². The van der Waals surface area contributed by atoms with Crippen LogP contribution in [0.25, 0.3) is 0 Å². The lowest BCUT2D eigenvalue weighted by atomic mass is 10.0. The maximum atomic E-state index is 5.38. The van der Waals surface area contributed by atoms with E-state index in [9.17, 15) is 0 Å². The maximum Gasteiger partial charge on any atom is 0.0762 e. The molecule has 2 nitrogen and oxygen atoms in total. The third-order valence-electron chi connectivity index (χ3n) is 2.09. The van der Waals surface area contributed by atoms with Crippen molar-refractivity contribution in [3.8, 4) is 0 Å². The average Bonchev–Trinajstić information content (AvgIpc) is 2.03. The Morgan fingerprint density at radius 2 is 2.17 bits per heavy atom. The second kappa shape index (κ2) is 6.21. The molecule has 0 spiro atoms. The van der Waals surface area contributed by atoms with E-state index in [1.807, 2.05) is 14.0 Å². The first kappa shape index (κ1) is 11.7. The summed E-state index contributed by atoms with van der Waals surface area (Å²) in [5, 5.41) is 3.21. The minimum absolute atomic E-state index is 0.262. The monoisotopic (exact) mass is 171 g/mol. The molecular formula is C10H21NO. The van der Waals surface area contributed by atoms with Gasteiger partial charge in [-0.05, 0) is 20.4 Å². The number of nitrogens with one attached hydrogen (secondary N) is 1. The highest BCUT2D eigenvalue weighted by atomic mass is 16.5. The van der Waals surface area contributed by atoms with Crippen molar-refractivity contribution in [2.24, 2.45) is 0 Å². The number of ether oxygens (including phenoxy) is 1. The number of hydrogen-bond acceptors (Lipinski definition) is 2. The minimum Gasteiger partial charge on any atom is -0.379 e. The lowest BCUT2D eigenvalue weighted by Gasteiger charge is -2.25. The van der Waals surface area contributed by atoms with Crippen molar-refractivity contribution in [1.29, 1.82) is 0 Å². The van der Waals surface area contributed by atoms with Gasteiger partial charge in [-0.25, -0.2) is 0 Å². The van der Waals surface area contributed by atoms with Gasteiger partial charge in [-0.1, -0.05) is 25.5 Å². The molecule has 0 bridgehead atoms. The fourth-order valence-electron chi connectivity index (χ4n) is 1.45. The first-order valence-electron chi connectivity index (χ1n) is 4.52. The lowest BCUT2D eigenvalue weighted by Crippen LogP contribution is -2.39. The molecular weight excluding hydrogens is 150 g/mol. The largest absolute Gasteiger partial charge is 0.379 e. The van der Waals surface area contributed by atoms with Crippen molar-refractivity contribution in [1.82, 2.24) is 5.32 Å². The molecule has 72 valence electrons. The van der Waals surface area contributed by atoms with Gasteiger partial charge in [-0.15, -0.1) is 0 Å². The summed E-state index contributed by atoms with van der Waals surface area (Å²) >= 11 is 0. The van der Waals surface area contributed by atoms with Gasteiger partial charge in [-0.2, -0.15) is 0 Å². The van der Waals surface area contributed by atoms with E-state index in [-0.39, 0.29) is 12.1 Å². The molecule has 0 aromatic heterocycles. The fraction of sp³-hybridized carbons (Fsp3) is 0.800. The van der Waals surface area contributed by atoms with Crippen LogP contribution in [-0.4, -0.2) is 26.3 Å². The Bertz CT molecular complexity index is 134. The van der Waals surface area contributed by atoms with Gasteiger partial charge in [0.2, 0.25) is 0 Å². The van der Waals surface area contributed by atoms with Gasteiger partial charge in [-0.3, -0.25) is 0 Å². The summed E-state index contributed by atoms with van der Waals surface area (Å²) in [7, 11) is 3.70. The molecule has 0 rings (SSSR count).